The molecule has 0 aliphatic heterocycles. The van der Waals surface area contributed by atoms with Crippen LogP contribution in [0.25, 0.3) is 0 Å². The van der Waals surface area contributed by atoms with E-state index in [-0.39, 0.29) is 6.04 Å². The van der Waals surface area contributed by atoms with Gasteiger partial charge in [-0.15, -0.1) is 0 Å². The van der Waals surface area contributed by atoms with Gasteiger partial charge in [0.15, 0.2) is 0 Å². The first kappa shape index (κ1) is 11.0. The van der Waals surface area contributed by atoms with Gasteiger partial charge >= 0.3 is 0 Å². The van der Waals surface area contributed by atoms with E-state index >= 15 is 0 Å². The molecule has 0 heterocycles. The molecule has 0 unspecified atom stereocenters. The lowest BCUT2D eigenvalue weighted by Crippen LogP contribution is -2.16. The van der Waals surface area contributed by atoms with E-state index in [0.717, 1.165) is 23.3 Å². The highest BCUT2D eigenvalue weighted by atomic mass is 16.5. The van der Waals surface area contributed by atoms with Gasteiger partial charge in [0.1, 0.15) is 5.75 Å². The third kappa shape index (κ3) is 2.47. The normalized spacial score (nSPS) is 12.6. The molecule has 3 nitrogen and oxygen atoms in total. The van der Waals surface area contributed by atoms with Crippen LogP contribution < -0.4 is 16.2 Å². The van der Waals surface area contributed by atoms with E-state index in [4.69, 9.17) is 16.2 Å². The minimum atomic E-state index is 0.0332. The maximum atomic E-state index is 5.98. The first-order valence-electron chi connectivity index (χ1n) is 4.79. The van der Waals surface area contributed by atoms with E-state index in [1.807, 2.05) is 25.1 Å². The Kier molecular flexibility index (Phi) is 3.92. The summed E-state index contributed by atoms with van der Waals surface area (Å²) in [5, 5.41) is 0. The lowest BCUT2D eigenvalue weighted by Gasteiger charge is -2.14. The summed E-state index contributed by atoms with van der Waals surface area (Å²) in [6.07, 6.45) is 0.813. The Morgan fingerprint density at radius 3 is 2.64 bits per heavy atom. The molecule has 14 heavy (non-hydrogen) atoms. The smallest absolute Gasteiger partial charge is 0.119 e. The summed E-state index contributed by atoms with van der Waals surface area (Å²) in [7, 11) is 1.66. The fourth-order valence-electron chi connectivity index (χ4n) is 1.53. The van der Waals surface area contributed by atoms with Gasteiger partial charge in [0, 0.05) is 6.04 Å². The van der Waals surface area contributed by atoms with Gasteiger partial charge in [-0.2, -0.15) is 0 Å². The lowest BCUT2D eigenvalue weighted by molar-refractivity contribution is 0.414. The number of methoxy groups -OCH3 is 1. The standard InChI is InChI=1S/C11H18N2O/c1-8-7-9(14-2)3-4-10(8)11(13)5-6-12/h3-4,7,11H,5-6,12-13H2,1-2H3/t11-/m1/s1. The van der Waals surface area contributed by atoms with E-state index in [0.29, 0.717) is 6.54 Å². The number of ether oxygens (including phenoxy) is 1. The molecule has 0 bridgehead atoms. The predicted molar refractivity (Wildman–Crippen MR) is 58.3 cm³/mol. The minimum absolute atomic E-state index is 0.0332. The Hall–Kier alpha value is -1.06. The van der Waals surface area contributed by atoms with Crippen molar-refractivity contribution in [3.8, 4) is 5.75 Å². The molecule has 1 aromatic carbocycles. The molecule has 0 saturated heterocycles. The Morgan fingerprint density at radius 1 is 1.43 bits per heavy atom. The third-order valence-corrected chi connectivity index (χ3v) is 2.35. The summed E-state index contributed by atoms with van der Waals surface area (Å²) in [6.45, 7) is 2.65. The van der Waals surface area contributed by atoms with Crippen molar-refractivity contribution in [3.05, 3.63) is 29.3 Å². The molecule has 4 N–H and O–H groups in total. The van der Waals surface area contributed by atoms with Crippen LogP contribution in [0.2, 0.25) is 0 Å². The highest BCUT2D eigenvalue weighted by molar-refractivity contribution is 5.36. The van der Waals surface area contributed by atoms with E-state index in [9.17, 15) is 0 Å². The number of rotatable bonds is 4. The highest BCUT2D eigenvalue weighted by Crippen LogP contribution is 2.22. The second-order valence-electron chi connectivity index (χ2n) is 3.41. The largest absolute Gasteiger partial charge is 0.497 e. The van der Waals surface area contributed by atoms with Gasteiger partial charge in [-0.1, -0.05) is 6.07 Å². The van der Waals surface area contributed by atoms with Gasteiger partial charge in [-0.05, 0) is 43.1 Å². The van der Waals surface area contributed by atoms with Crippen LogP contribution in [0.5, 0.6) is 5.75 Å². The quantitative estimate of drug-likeness (QED) is 0.760. The molecule has 0 radical (unpaired) electrons. The number of benzene rings is 1. The third-order valence-electron chi connectivity index (χ3n) is 2.35. The second-order valence-corrected chi connectivity index (χ2v) is 3.41. The predicted octanol–water partition coefficient (Wildman–Crippen LogP) is 1.35. The van der Waals surface area contributed by atoms with Crippen LogP contribution >= 0.6 is 0 Å². The number of hydrogen-bond acceptors (Lipinski definition) is 3. The van der Waals surface area contributed by atoms with Crippen LogP contribution in [0.15, 0.2) is 18.2 Å². The molecule has 0 saturated carbocycles. The number of hydrogen-bond donors (Lipinski definition) is 2. The van der Waals surface area contributed by atoms with Crippen LogP contribution in [-0.2, 0) is 0 Å². The molecule has 1 rings (SSSR count). The molecule has 0 aliphatic carbocycles. The zero-order chi connectivity index (χ0) is 10.6. The van der Waals surface area contributed by atoms with Gasteiger partial charge in [-0.25, -0.2) is 0 Å². The van der Waals surface area contributed by atoms with Crippen LogP contribution in [0.3, 0.4) is 0 Å². The second kappa shape index (κ2) is 4.98. The fourth-order valence-corrected chi connectivity index (χ4v) is 1.53. The average Bonchev–Trinajstić information content (AvgIpc) is 2.17. The molecule has 0 amide bonds. The maximum Gasteiger partial charge on any atom is 0.119 e. The molecule has 0 aromatic heterocycles. The molecule has 0 aliphatic rings. The van der Waals surface area contributed by atoms with Gasteiger partial charge in [0.2, 0.25) is 0 Å². The van der Waals surface area contributed by atoms with Crippen LogP contribution in [0, 0.1) is 6.92 Å². The number of nitrogens with two attached hydrogens (primary N) is 2. The average molecular weight is 194 g/mol. The van der Waals surface area contributed by atoms with Gasteiger partial charge in [0.05, 0.1) is 7.11 Å². The zero-order valence-electron chi connectivity index (χ0n) is 8.79. The van der Waals surface area contributed by atoms with Crippen molar-refractivity contribution in [2.75, 3.05) is 13.7 Å². The SMILES string of the molecule is COc1ccc([C@H](N)CCN)c(C)c1. The minimum Gasteiger partial charge on any atom is -0.497 e. The molecule has 78 valence electrons. The van der Waals surface area contributed by atoms with Crippen LogP contribution in [-0.4, -0.2) is 13.7 Å². The molecule has 0 spiro atoms. The number of aryl methyl sites for hydroxylation is 1. The first-order chi connectivity index (χ1) is 6.69. The maximum absolute atomic E-state index is 5.98. The lowest BCUT2D eigenvalue weighted by atomic mass is 9.99. The van der Waals surface area contributed by atoms with Crippen molar-refractivity contribution < 1.29 is 4.74 Å². The molecular weight excluding hydrogens is 176 g/mol. The van der Waals surface area contributed by atoms with E-state index < -0.39 is 0 Å². The molecule has 3 heteroatoms. The molecular formula is C11H18N2O. The van der Waals surface area contributed by atoms with Crippen molar-refractivity contribution in [3.63, 3.8) is 0 Å². The summed E-state index contributed by atoms with van der Waals surface area (Å²) in [5.74, 6) is 0.867. The Labute approximate surface area is 85.0 Å². The van der Waals surface area contributed by atoms with E-state index in [2.05, 4.69) is 0 Å². The molecule has 1 atom stereocenters. The zero-order valence-corrected chi connectivity index (χ0v) is 8.79. The highest BCUT2D eigenvalue weighted by Gasteiger charge is 2.08. The van der Waals surface area contributed by atoms with E-state index in [1.165, 1.54) is 0 Å². The summed E-state index contributed by atoms with van der Waals surface area (Å²) in [5.41, 5.74) is 13.8. The summed E-state index contributed by atoms with van der Waals surface area (Å²) in [4.78, 5) is 0. The van der Waals surface area contributed by atoms with Crippen LogP contribution in [0.1, 0.15) is 23.6 Å². The van der Waals surface area contributed by atoms with Gasteiger partial charge < -0.3 is 16.2 Å². The van der Waals surface area contributed by atoms with Gasteiger partial charge in [0.25, 0.3) is 0 Å². The summed E-state index contributed by atoms with van der Waals surface area (Å²) >= 11 is 0. The Bertz CT molecular complexity index is 299. The van der Waals surface area contributed by atoms with E-state index in [1.54, 1.807) is 7.11 Å². The fraction of sp³-hybridized carbons (Fsp3) is 0.455. The van der Waals surface area contributed by atoms with Gasteiger partial charge in [-0.3, -0.25) is 0 Å². The van der Waals surface area contributed by atoms with Crippen molar-refractivity contribution in [2.45, 2.75) is 19.4 Å². The summed E-state index contributed by atoms with van der Waals surface area (Å²) in [6, 6.07) is 5.96. The first-order valence-corrected chi connectivity index (χ1v) is 4.79. The molecule has 1 aromatic rings. The van der Waals surface area contributed by atoms with Crippen molar-refractivity contribution >= 4 is 0 Å². The topological polar surface area (TPSA) is 61.3 Å². The monoisotopic (exact) mass is 194 g/mol. The summed E-state index contributed by atoms with van der Waals surface area (Å²) < 4.78 is 5.12. The molecule has 0 fully saturated rings. The Balaban J connectivity index is 2.88. The van der Waals surface area contributed by atoms with Crippen molar-refractivity contribution in [1.82, 2.24) is 0 Å². The Morgan fingerprint density at radius 2 is 2.14 bits per heavy atom. The van der Waals surface area contributed by atoms with Crippen molar-refractivity contribution in [2.24, 2.45) is 11.5 Å². The van der Waals surface area contributed by atoms with Crippen LogP contribution in [0.4, 0.5) is 0 Å². The van der Waals surface area contributed by atoms with Crippen molar-refractivity contribution in [1.29, 1.82) is 0 Å².